The zero-order valence-electron chi connectivity index (χ0n) is 11.9. The van der Waals surface area contributed by atoms with Crippen LogP contribution in [0, 0.1) is 12.8 Å². The van der Waals surface area contributed by atoms with Gasteiger partial charge in [0.25, 0.3) is 0 Å². The Morgan fingerprint density at radius 1 is 1.00 bits per heavy atom. The van der Waals surface area contributed by atoms with Crippen LogP contribution in [0.15, 0.2) is 36.4 Å². The molecule has 20 heavy (non-hydrogen) atoms. The number of aromatic hydroxyl groups is 2. The van der Waals surface area contributed by atoms with Gasteiger partial charge in [0, 0.05) is 0 Å². The average molecular weight is 268 g/mol. The summed E-state index contributed by atoms with van der Waals surface area (Å²) in [6.45, 7) is 4.17. The van der Waals surface area contributed by atoms with Crippen LogP contribution in [-0.4, -0.2) is 10.2 Å². The number of benzene rings is 2. The molecule has 0 radical (unpaired) electrons. The normalized spacial score (nSPS) is 21.5. The molecule has 2 nitrogen and oxygen atoms in total. The third-order valence-electron chi connectivity index (χ3n) is 4.55. The Morgan fingerprint density at radius 3 is 2.55 bits per heavy atom. The summed E-state index contributed by atoms with van der Waals surface area (Å²) < 4.78 is 0. The minimum Gasteiger partial charge on any atom is -0.508 e. The molecule has 0 aromatic heterocycles. The lowest BCUT2D eigenvalue weighted by Gasteiger charge is -2.31. The van der Waals surface area contributed by atoms with E-state index in [1.807, 2.05) is 19.1 Å². The molecule has 0 fully saturated rings. The monoisotopic (exact) mass is 268 g/mol. The molecule has 3 rings (SSSR count). The molecule has 0 spiro atoms. The number of rotatable bonds is 1. The van der Waals surface area contributed by atoms with Gasteiger partial charge in [-0.3, -0.25) is 0 Å². The van der Waals surface area contributed by atoms with E-state index < -0.39 is 0 Å². The van der Waals surface area contributed by atoms with E-state index >= 15 is 0 Å². The topological polar surface area (TPSA) is 40.5 Å². The third kappa shape index (κ3) is 2.15. The fraction of sp³-hybridized carbons (Fsp3) is 0.333. The fourth-order valence-electron chi connectivity index (χ4n) is 3.31. The first kappa shape index (κ1) is 13.0. The van der Waals surface area contributed by atoms with Gasteiger partial charge in [-0.15, -0.1) is 0 Å². The van der Waals surface area contributed by atoms with E-state index in [2.05, 4.69) is 19.1 Å². The van der Waals surface area contributed by atoms with E-state index in [0.717, 1.165) is 24.0 Å². The van der Waals surface area contributed by atoms with Crippen molar-refractivity contribution < 1.29 is 10.2 Å². The van der Waals surface area contributed by atoms with E-state index in [1.165, 1.54) is 11.1 Å². The summed E-state index contributed by atoms with van der Waals surface area (Å²) in [7, 11) is 0. The van der Waals surface area contributed by atoms with E-state index in [-0.39, 0.29) is 0 Å². The van der Waals surface area contributed by atoms with Crippen LogP contribution in [0.2, 0.25) is 0 Å². The molecule has 0 bridgehead atoms. The van der Waals surface area contributed by atoms with Crippen LogP contribution in [0.3, 0.4) is 0 Å². The van der Waals surface area contributed by atoms with Crippen molar-refractivity contribution in [1.29, 1.82) is 0 Å². The lowest BCUT2D eigenvalue weighted by Crippen LogP contribution is -2.21. The molecule has 104 valence electrons. The Balaban J connectivity index is 1.98. The van der Waals surface area contributed by atoms with Crippen LogP contribution < -0.4 is 0 Å². The van der Waals surface area contributed by atoms with Crippen molar-refractivity contribution in [1.82, 2.24) is 0 Å². The summed E-state index contributed by atoms with van der Waals surface area (Å²) in [6, 6.07) is 11.7. The summed E-state index contributed by atoms with van der Waals surface area (Å²) >= 11 is 0. The highest BCUT2D eigenvalue weighted by atomic mass is 16.3. The summed E-state index contributed by atoms with van der Waals surface area (Å²) in [6.07, 6.45) is 1.86. The van der Waals surface area contributed by atoms with Gasteiger partial charge in [0.2, 0.25) is 0 Å². The van der Waals surface area contributed by atoms with Gasteiger partial charge in [-0.2, -0.15) is 0 Å². The molecule has 0 heterocycles. The molecule has 1 aliphatic carbocycles. The quantitative estimate of drug-likeness (QED) is 0.823. The molecular formula is C18H20O2. The SMILES string of the molecule is Cc1cc(C2Cc3cccc(O)c3CC2C)ccc1O. The zero-order valence-corrected chi connectivity index (χ0v) is 11.9. The van der Waals surface area contributed by atoms with E-state index in [1.54, 1.807) is 12.1 Å². The first-order valence-electron chi connectivity index (χ1n) is 7.15. The predicted octanol–water partition coefficient (Wildman–Crippen LogP) is 3.92. The van der Waals surface area contributed by atoms with Crippen molar-refractivity contribution in [3.05, 3.63) is 58.7 Å². The Kier molecular flexibility index (Phi) is 3.17. The second kappa shape index (κ2) is 4.86. The minimum absolute atomic E-state index is 0.357. The van der Waals surface area contributed by atoms with Crippen molar-refractivity contribution in [2.75, 3.05) is 0 Å². The second-order valence-electron chi connectivity index (χ2n) is 5.95. The number of phenols is 2. The smallest absolute Gasteiger partial charge is 0.119 e. The molecule has 0 saturated carbocycles. The van der Waals surface area contributed by atoms with Crippen LogP contribution >= 0.6 is 0 Å². The molecular weight excluding hydrogens is 248 g/mol. The van der Waals surface area contributed by atoms with Gasteiger partial charge in [-0.05, 0) is 66.0 Å². The Labute approximate surface area is 119 Å². The van der Waals surface area contributed by atoms with Crippen LogP contribution in [0.1, 0.15) is 35.1 Å². The Hall–Kier alpha value is -1.96. The molecule has 2 unspecified atom stereocenters. The van der Waals surface area contributed by atoms with Gasteiger partial charge in [-0.25, -0.2) is 0 Å². The van der Waals surface area contributed by atoms with Crippen LogP contribution in [-0.2, 0) is 12.8 Å². The van der Waals surface area contributed by atoms with Gasteiger partial charge in [0.05, 0.1) is 0 Å². The Morgan fingerprint density at radius 2 is 1.80 bits per heavy atom. The number of aryl methyl sites for hydroxylation is 1. The molecule has 2 aromatic rings. The number of hydrogen-bond donors (Lipinski definition) is 2. The van der Waals surface area contributed by atoms with Crippen LogP contribution in [0.25, 0.3) is 0 Å². The maximum absolute atomic E-state index is 9.98. The van der Waals surface area contributed by atoms with Gasteiger partial charge >= 0.3 is 0 Å². The molecule has 2 N–H and O–H groups in total. The Bertz CT molecular complexity index is 646. The minimum atomic E-state index is 0.357. The van der Waals surface area contributed by atoms with Crippen molar-refractivity contribution in [2.24, 2.45) is 5.92 Å². The molecule has 0 amide bonds. The van der Waals surface area contributed by atoms with Crippen LogP contribution in [0.4, 0.5) is 0 Å². The highest BCUT2D eigenvalue weighted by Crippen LogP contribution is 2.40. The lowest BCUT2D eigenvalue weighted by molar-refractivity contribution is 0.403. The maximum Gasteiger partial charge on any atom is 0.119 e. The number of hydrogen-bond acceptors (Lipinski definition) is 2. The molecule has 2 heteroatoms. The fourth-order valence-corrected chi connectivity index (χ4v) is 3.31. The molecule has 0 saturated heterocycles. The largest absolute Gasteiger partial charge is 0.508 e. The van der Waals surface area contributed by atoms with Gasteiger partial charge in [0.1, 0.15) is 11.5 Å². The van der Waals surface area contributed by atoms with E-state index in [9.17, 15) is 10.2 Å². The summed E-state index contributed by atoms with van der Waals surface area (Å²) in [5.74, 6) is 1.72. The zero-order chi connectivity index (χ0) is 14.3. The second-order valence-corrected chi connectivity index (χ2v) is 5.95. The highest BCUT2D eigenvalue weighted by molar-refractivity contribution is 5.44. The van der Waals surface area contributed by atoms with Gasteiger partial charge in [-0.1, -0.05) is 31.2 Å². The van der Waals surface area contributed by atoms with Crippen LogP contribution in [0.5, 0.6) is 11.5 Å². The average Bonchev–Trinajstić information content (AvgIpc) is 2.42. The standard InChI is InChI=1S/C18H20O2/c1-11-9-16-13(4-3-5-18(16)20)10-15(11)14-6-7-17(19)12(2)8-14/h3-8,11,15,19-20H,9-10H2,1-2H3. The van der Waals surface area contributed by atoms with Crippen molar-refractivity contribution >= 4 is 0 Å². The van der Waals surface area contributed by atoms with E-state index in [4.69, 9.17) is 0 Å². The maximum atomic E-state index is 9.98. The van der Waals surface area contributed by atoms with Crippen molar-refractivity contribution in [2.45, 2.75) is 32.6 Å². The molecule has 2 atom stereocenters. The summed E-state index contributed by atoms with van der Waals surface area (Å²) in [5, 5.41) is 19.6. The summed E-state index contributed by atoms with van der Waals surface area (Å²) in [5.41, 5.74) is 4.56. The van der Waals surface area contributed by atoms with Crippen molar-refractivity contribution in [3.63, 3.8) is 0 Å². The first-order valence-corrected chi connectivity index (χ1v) is 7.15. The van der Waals surface area contributed by atoms with E-state index in [0.29, 0.717) is 23.3 Å². The van der Waals surface area contributed by atoms with Gasteiger partial charge < -0.3 is 10.2 Å². The molecule has 1 aliphatic rings. The van der Waals surface area contributed by atoms with Gasteiger partial charge in [0.15, 0.2) is 0 Å². The molecule has 0 aliphatic heterocycles. The lowest BCUT2D eigenvalue weighted by atomic mass is 9.73. The first-order chi connectivity index (χ1) is 9.56. The third-order valence-corrected chi connectivity index (χ3v) is 4.55. The summed E-state index contributed by atoms with van der Waals surface area (Å²) in [4.78, 5) is 0. The number of fused-ring (bicyclic) bond motifs is 1. The highest BCUT2D eigenvalue weighted by Gasteiger charge is 2.28. The molecule has 2 aromatic carbocycles. The predicted molar refractivity (Wildman–Crippen MR) is 80.3 cm³/mol. The number of phenolic OH excluding ortho intramolecular Hbond substituents is 2. The van der Waals surface area contributed by atoms with Crippen molar-refractivity contribution in [3.8, 4) is 11.5 Å².